The van der Waals surface area contributed by atoms with Gasteiger partial charge in [0, 0.05) is 16.3 Å². The molecule has 1 aliphatic rings. The summed E-state index contributed by atoms with van der Waals surface area (Å²) in [5.74, 6) is 0.843. The summed E-state index contributed by atoms with van der Waals surface area (Å²) in [5, 5.41) is 0. The molecule has 1 aromatic rings. The third-order valence-electron chi connectivity index (χ3n) is 5.01. The van der Waals surface area contributed by atoms with Gasteiger partial charge < -0.3 is 5.73 Å². The van der Waals surface area contributed by atoms with Crippen LogP contribution in [-0.4, -0.2) is 24.5 Å². The smallest absolute Gasteiger partial charge is 0.0564 e. The number of thiophene rings is 1. The van der Waals surface area contributed by atoms with Gasteiger partial charge in [0.1, 0.15) is 0 Å². The van der Waals surface area contributed by atoms with Gasteiger partial charge in [-0.1, -0.05) is 27.7 Å². The molecule has 0 radical (unpaired) electrons. The van der Waals surface area contributed by atoms with Crippen molar-refractivity contribution in [1.29, 1.82) is 0 Å². The summed E-state index contributed by atoms with van der Waals surface area (Å²) in [5.41, 5.74) is 6.56. The van der Waals surface area contributed by atoms with Gasteiger partial charge in [-0.15, -0.1) is 11.3 Å². The van der Waals surface area contributed by atoms with Gasteiger partial charge in [0.2, 0.25) is 0 Å². The highest BCUT2D eigenvalue weighted by atomic mass is 32.1. The van der Waals surface area contributed by atoms with Crippen molar-refractivity contribution >= 4 is 11.3 Å². The van der Waals surface area contributed by atoms with Crippen LogP contribution in [0.5, 0.6) is 0 Å². The summed E-state index contributed by atoms with van der Waals surface area (Å²) in [6, 6.07) is 5.00. The molecular weight excluding hydrogens is 276 g/mol. The minimum absolute atomic E-state index is 0.425. The van der Waals surface area contributed by atoms with Gasteiger partial charge in [0.25, 0.3) is 0 Å². The molecule has 0 aliphatic carbocycles. The van der Waals surface area contributed by atoms with E-state index in [1.54, 1.807) is 0 Å². The molecule has 120 valence electrons. The van der Waals surface area contributed by atoms with Crippen LogP contribution in [0.4, 0.5) is 0 Å². The molecule has 1 saturated heterocycles. The van der Waals surface area contributed by atoms with Crippen molar-refractivity contribution < 1.29 is 0 Å². The third kappa shape index (κ3) is 4.30. The Morgan fingerprint density at radius 2 is 2.05 bits per heavy atom. The minimum atomic E-state index is 0.425. The topological polar surface area (TPSA) is 29.3 Å². The molecule has 1 aromatic heterocycles. The van der Waals surface area contributed by atoms with E-state index in [9.17, 15) is 0 Å². The first-order valence-corrected chi connectivity index (χ1v) is 9.30. The van der Waals surface area contributed by atoms with Gasteiger partial charge in [-0.2, -0.15) is 0 Å². The van der Waals surface area contributed by atoms with Crippen molar-refractivity contribution in [3.8, 4) is 0 Å². The lowest BCUT2D eigenvalue weighted by molar-refractivity contribution is 0.186. The molecule has 2 rings (SSSR count). The van der Waals surface area contributed by atoms with Crippen molar-refractivity contribution in [3.63, 3.8) is 0 Å². The summed E-state index contributed by atoms with van der Waals surface area (Å²) in [7, 11) is 0. The van der Waals surface area contributed by atoms with Crippen molar-refractivity contribution in [2.24, 2.45) is 17.1 Å². The average molecular weight is 309 g/mol. The molecule has 0 amide bonds. The second-order valence-corrected chi connectivity index (χ2v) is 8.64. The van der Waals surface area contributed by atoms with Crippen LogP contribution in [0.2, 0.25) is 0 Å². The molecule has 1 fully saturated rings. The normalized spacial score (nSPS) is 23.0. The predicted octanol–water partition coefficient (Wildman–Crippen LogP) is 4.46. The zero-order valence-corrected chi connectivity index (χ0v) is 15.0. The summed E-state index contributed by atoms with van der Waals surface area (Å²) < 4.78 is 0. The number of likely N-dealkylation sites (tertiary alicyclic amines) is 1. The molecule has 2 heterocycles. The molecule has 0 aromatic carbocycles. The number of nitrogens with zero attached hydrogens (tertiary/aromatic N) is 1. The zero-order valence-electron chi connectivity index (χ0n) is 14.2. The molecule has 21 heavy (non-hydrogen) atoms. The number of hydrogen-bond acceptors (Lipinski definition) is 3. The highest BCUT2D eigenvalue weighted by molar-refractivity contribution is 7.12. The lowest BCUT2D eigenvalue weighted by atomic mass is 9.77. The van der Waals surface area contributed by atoms with Crippen molar-refractivity contribution in [2.75, 3.05) is 19.6 Å². The van der Waals surface area contributed by atoms with E-state index in [1.807, 2.05) is 11.3 Å². The van der Waals surface area contributed by atoms with E-state index in [0.29, 0.717) is 11.5 Å². The van der Waals surface area contributed by atoms with E-state index in [-0.39, 0.29) is 0 Å². The van der Waals surface area contributed by atoms with Gasteiger partial charge in [-0.3, -0.25) is 4.90 Å². The Kier molecular flexibility index (Phi) is 5.87. The third-order valence-corrected chi connectivity index (χ3v) is 6.34. The standard InChI is InChI=1S/C18H32N2S/c1-5-15-8-9-17(21-15)16(13-19)20-11-6-7-14(10-12-20)18(2,3)4/h8-9,14,16H,5-7,10-13,19H2,1-4H3. The van der Waals surface area contributed by atoms with E-state index in [4.69, 9.17) is 5.73 Å². The maximum Gasteiger partial charge on any atom is 0.0564 e. The van der Waals surface area contributed by atoms with E-state index >= 15 is 0 Å². The molecule has 0 saturated carbocycles. The Labute approximate surface area is 134 Å². The van der Waals surface area contributed by atoms with Crippen LogP contribution >= 0.6 is 11.3 Å². The van der Waals surface area contributed by atoms with Crippen molar-refractivity contribution in [1.82, 2.24) is 4.90 Å². The highest BCUT2D eigenvalue weighted by Crippen LogP contribution is 2.36. The maximum atomic E-state index is 6.12. The van der Waals surface area contributed by atoms with E-state index < -0.39 is 0 Å². The van der Waals surface area contributed by atoms with Crippen LogP contribution in [-0.2, 0) is 6.42 Å². The predicted molar refractivity (Wildman–Crippen MR) is 93.9 cm³/mol. The lowest BCUT2D eigenvalue weighted by Crippen LogP contribution is -2.34. The molecule has 3 heteroatoms. The Bertz CT molecular complexity index is 433. The first-order chi connectivity index (χ1) is 9.95. The molecule has 2 atom stereocenters. The lowest BCUT2D eigenvalue weighted by Gasteiger charge is -2.31. The fourth-order valence-electron chi connectivity index (χ4n) is 3.51. The quantitative estimate of drug-likeness (QED) is 0.890. The maximum absolute atomic E-state index is 6.12. The van der Waals surface area contributed by atoms with Crippen molar-refractivity contribution in [3.05, 3.63) is 21.9 Å². The summed E-state index contributed by atoms with van der Waals surface area (Å²) >= 11 is 1.95. The molecule has 0 bridgehead atoms. The first kappa shape index (κ1) is 17.0. The largest absolute Gasteiger partial charge is 0.329 e. The second-order valence-electron chi connectivity index (χ2n) is 7.44. The van der Waals surface area contributed by atoms with Crippen LogP contribution < -0.4 is 5.73 Å². The van der Waals surface area contributed by atoms with Crippen LogP contribution in [0.1, 0.15) is 62.8 Å². The Balaban J connectivity index is 2.05. The Morgan fingerprint density at radius 1 is 1.29 bits per heavy atom. The monoisotopic (exact) mass is 308 g/mol. The van der Waals surface area contributed by atoms with Crippen LogP contribution in [0.3, 0.4) is 0 Å². The van der Waals surface area contributed by atoms with Gasteiger partial charge in [-0.05, 0) is 62.2 Å². The first-order valence-electron chi connectivity index (χ1n) is 8.48. The molecule has 1 aliphatic heterocycles. The molecule has 2 nitrogen and oxygen atoms in total. The summed E-state index contributed by atoms with van der Waals surface area (Å²) in [4.78, 5) is 5.58. The number of rotatable bonds is 4. The number of aryl methyl sites for hydroxylation is 1. The minimum Gasteiger partial charge on any atom is -0.329 e. The van der Waals surface area contributed by atoms with Gasteiger partial charge in [0.15, 0.2) is 0 Å². The fraction of sp³-hybridized carbons (Fsp3) is 0.778. The highest BCUT2D eigenvalue weighted by Gasteiger charge is 2.29. The molecule has 0 spiro atoms. The van der Waals surface area contributed by atoms with Gasteiger partial charge >= 0.3 is 0 Å². The number of hydrogen-bond donors (Lipinski definition) is 1. The van der Waals surface area contributed by atoms with Gasteiger partial charge in [-0.25, -0.2) is 0 Å². The Hall–Kier alpha value is -0.380. The summed E-state index contributed by atoms with van der Waals surface area (Å²) in [6.45, 7) is 12.5. The van der Waals surface area contributed by atoms with E-state index in [0.717, 1.165) is 18.9 Å². The van der Waals surface area contributed by atoms with Crippen molar-refractivity contribution in [2.45, 2.75) is 59.4 Å². The van der Waals surface area contributed by atoms with E-state index in [1.165, 1.54) is 42.1 Å². The van der Waals surface area contributed by atoms with E-state index in [2.05, 4.69) is 44.7 Å². The molecular formula is C18H32N2S. The summed E-state index contributed by atoms with van der Waals surface area (Å²) in [6.07, 6.45) is 5.12. The number of nitrogens with two attached hydrogens (primary N) is 1. The van der Waals surface area contributed by atoms with Gasteiger partial charge in [0.05, 0.1) is 6.04 Å². The zero-order chi connectivity index (χ0) is 15.5. The van der Waals surface area contributed by atoms with Crippen LogP contribution in [0.25, 0.3) is 0 Å². The van der Waals surface area contributed by atoms with Crippen LogP contribution in [0, 0.1) is 11.3 Å². The van der Waals surface area contributed by atoms with Crippen LogP contribution in [0.15, 0.2) is 12.1 Å². The molecule has 2 unspecified atom stereocenters. The second kappa shape index (κ2) is 7.26. The average Bonchev–Trinajstić information content (AvgIpc) is 2.75. The SMILES string of the molecule is CCc1ccc(C(CN)N2CCCC(C(C)(C)C)CC2)s1. The molecule has 2 N–H and O–H groups in total. The Morgan fingerprint density at radius 3 is 2.62 bits per heavy atom. The fourth-order valence-corrected chi connectivity index (χ4v) is 4.61.